The molecule has 1 heterocycles. The Hall–Kier alpha value is -2.08. The van der Waals surface area contributed by atoms with E-state index in [1.165, 1.54) is 6.20 Å². The van der Waals surface area contributed by atoms with Gasteiger partial charge in [-0.1, -0.05) is 6.07 Å². The van der Waals surface area contributed by atoms with Gasteiger partial charge in [-0.2, -0.15) is 0 Å². The summed E-state index contributed by atoms with van der Waals surface area (Å²) in [4.78, 5) is 20.7. The van der Waals surface area contributed by atoms with Crippen molar-refractivity contribution in [3.8, 4) is 0 Å². The van der Waals surface area contributed by atoms with Crippen molar-refractivity contribution in [2.24, 2.45) is 5.73 Å². The maximum absolute atomic E-state index is 11.3. The van der Waals surface area contributed by atoms with Crippen molar-refractivity contribution in [3.05, 3.63) is 41.9 Å². The van der Waals surface area contributed by atoms with Gasteiger partial charge in [0.05, 0.1) is 5.69 Å². The fraction of sp³-hybridized carbons (Fsp3) is 0.154. The summed E-state index contributed by atoms with van der Waals surface area (Å²) in [6.07, 6.45) is 3.52. The van der Waals surface area contributed by atoms with Crippen molar-refractivity contribution >= 4 is 29.2 Å². The van der Waals surface area contributed by atoms with Gasteiger partial charge in [-0.25, -0.2) is 9.97 Å². The van der Waals surface area contributed by atoms with Crippen LogP contribution in [0.5, 0.6) is 0 Å². The smallest absolute Gasteiger partial charge is 0.271 e. The van der Waals surface area contributed by atoms with Crippen molar-refractivity contribution in [2.45, 2.75) is 11.8 Å². The molecule has 0 aliphatic heterocycles. The number of primary amides is 1. The van der Waals surface area contributed by atoms with E-state index in [0.29, 0.717) is 11.5 Å². The summed E-state index contributed by atoms with van der Waals surface area (Å²) >= 11 is 1.64. The molecule has 2 rings (SSSR count). The van der Waals surface area contributed by atoms with Gasteiger partial charge in [0.1, 0.15) is 0 Å². The third-order valence-electron chi connectivity index (χ3n) is 2.46. The van der Waals surface area contributed by atoms with Crippen LogP contribution in [0.4, 0.5) is 11.5 Å². The molecule has 3 N–H and O–H groups in total. The number of anilines is 2. The topological polar surface area (TPSA) is 80.9 Å². The lowest BCUT2D eigenvalue weighted by Gasteiger charge is -2.09. The molecule has 0 aliphatic rings. The molecule has 5 nitrogen and oxygen atoms in total. The van der Waals surface area contributed by atoms with Gasteiger partial charge < -0.3 is 11.1 Å². The van der Waals surface area contributed by atoms with Crippen molar-refractivity contribution in [1.82, 2.24) is 9.97 Å². The summed E-state index contributed by atoms with van der Waals surface area (Å²) in [6, 6.07) is 7.81. The molecule has 0 fully saturated rings. The average molecular weight is 274 g/mol. The largest absolute Gasteiger partial charge is 0.364 e. The zero-order chi connectivity index (χ0) is 13.8. The third-order valence-corrected chi connectivity index (χ3v) is 3.18. The van der Waals surface area contributed by atoms with Crippen molar-refractivity contribution in [3.63, 3.8) is 0 Å². The van der Waals surface area contributed by atoms with Crippen LogP contribution < -0.4 is 11.1 Å². The Morgan fingerprint density at radius 2 is 2.21 bits per heavy atom. The summed E-state index contributed by atoms with van der Waals surface area (Å²) in [5.41, 5.74) is 6.99. The lowest BCUT2D eigenvalue weighted by molar-refractivity contribution is 0.0996. The fourth-order valence-corrected chi connectivity index (χ4v) is 2.04. The van der Waals surface area contributed by atoms with E-state index in [9.17, 15) is 4.79 Å². The second kappa shape index (κ2) is 5.71. The lowest BCUT2D eigenvalue weighted by Crippen LogP contribution is -2.16. The molecule has 0 bridgehead atoms. The average Bonchev–Trinajstić information content (AvgIpc) is 2.38. The zero-order valence-corrected chi connectivity index (χ0v) is 11.5. The normalized spacial score (nSPS) is 10.2. The molecule has 0 radical (unpaired) electrons. The minimum Gasteiger partial charge on any atom is -0.364 e. The predicted octanol–water partition coefficient (Wildman–Crippen LogP) is 2.35. The van der Waals surface area contributed by atoms with Gasteiger partial charge in [-0.05, 0) is 31.4 Å². The Labute approximate surface area is 115 Å². The number of nitrogens with one attached hydrogen (secondary N) is 1. The maximum atomic E-state index is 11.3. The van der Waals surface area contributed by atoms with Crippen LogP contribution in [0.2, 0.25) is 0 Å². The summed E-state index contributed by atoms with van der Waals surface area (Å²) in [5.74, 6) is -0.221. The van der Waals surface area contributed by atoms with E-state index in [1.54, 1.807) is 18.7 Å². The second-order valence-electron chi connectivity index (χ2n) is 3.93. The Kier molecular flexibility index (Phi) is 4.01. The van der Waals surface area contributed by atoms with Crippen LogP contribution in [0.3, 0.4) is 0 Å². The molecule has 19 heavy (non-hydrogen) atoms. The van der Waals surface area contributed by atoms with Gasteiger partial charge in [0.15, 0.2) is 11.5 Å². The Bertz CT molecular complexity index is 615. The van der Waals surface area contributed by atoms with Gasteiger partial charge in [0.25, 0.3) is 5.91 Å². The summed E-state index contributed by atoms with van der Waals surface area (Å²) in [7, 11) is 0. The van der Waals surface area contributed by atoms with E-state index in [-0.39, 0.29) is 5.69 Å². The van der Waals surface area contributed by atoms with E-state index < -0.39 is 5.91 Å². The van der Waals surface area contributed by atoms with E-state index in [0.717, 1.165) is 10.6 Å². The molecule has 2 aromatic rings. The minimum absolute atomic E-state index is 0.139. The van der Waals surface area contributed by atoms with Crippen LogP contribution in [-0.2, 0) is 0 Å². The van der Waals surface area contributed by atoms with Gasteiger partial charge in [0.2, 0.25) is 0 Å². The number of nitrogens with two attached hydrogens (primary N) is 1. The molecule has 0 aliphatic carbocycles. The van der Waals surface area contributed by atoms with E-state index in [2.05, 4.69) is 15.3 Å². The summed E-state index contributed by atoms with van der Waals surface area (Å²) in [6.45, 7) is 1.81. The van der Waals surface area contributed by atoms with Crippen LogP contribution in [0.1, 0.15) is 16.2 Å². The van der Waals surface area contributed by atoms with Gasteiger partial charge in [0, 0.05) is 16.8 Å². The molecule has 0 spiro atoms. The Morgan fingerprint density at radius 3 is 2.89 bits per heavy atom. The molecule has 1 aromatic heterocycles. The number of carbonyl (C=O) groups excluding carboxylic acids is 1. The van der Waals surface area contributed by atoms with Crippen LogP contribution in [0.15, 0.2) is 35.4 Å². The third kappa shape index (κ3) is 3.23. The molecule has 0 saturated carbocycles. The highest BCUT2D eigenvalue weighted by molar-refractivity contribution is 7.98. The first-order chi connectivity index (χ1) is 9.10. The standard InChI is InChI=1S/C13H14N4OS/c1-8-7-15-11(12(14)18)13(16-8)17-9-4-3-5-10(6-9)19-2/h3-7H,1-2H3,(H2,14,18)(H,16,17). The Balaban J connectivity index is 2.36. The highest BCUT2D eigenvalue weighted by Crippen LogP contribution is 2.22. The van der Waals surface area contributed by atoms with Crippen LogP contribution in [-0.4, -0.2) is 22.1 Å². The number of rotatable bonds is 4. The molecule has 0 saturated heterocycles. The van der Waals surface area contributed by atoms with Crippen molar-refractivity contribution in [2.75, 3.05) is 11.6 Å². The van der Waals surface area contributed by atoms with Gasteiger partial charge in [-0.3, -0.25) is 4.79 Å². The summed E-state index contributed by atoms with van der Waals surface area (Å²) < 4.78 is 0. The number of benzene rings is 1. The van der Waals surface area contributed by atoms with Crippen molar-refractivity contribution < 1.29 is 4.79 Å². The summed E-state index contributed by atoms with van der Waals surface area (Å²) in [5, 5.41) is 3.08. The van der Waals surface area contributed by atoms with Gasteiger partial charge in [-0.15, -0.1) is 11.8 Å². The Morgan fingerprint density at radius 1 is 1.42 bits per heavy atom. The fourth-order valence-electron chi connectivity index (χ4n) is 1.58. The predicted molar refractivity (Wildman–Crippen MR) is 76.8 cm³/mol. The minimum atomic E-state index is -0.601. The molecule has 98 valence electrons. The molecule has 0 unspecified atom stereocenters. The highest BCUT2D eigenvalue weighted by atomic mass is 32.2. The van der Waals surface area contributed by atoms with Gasteiger partial charge >= 0.3 is 0 Å². The number of amides is 1. The lowest BCUT2D eigenvalue weighted by atomic mass is 10.3. The highest BCUT2D eigenvalue weighted by Gasteiger charge is 2.12. The maximum Gasteiger partial charge on any atom is 0.271 e. The quantitative estimate of drug-likeness (QED) is 0.836. The number of aryl methyl sites for hydroxylation is 1. The van der Waals surface area contributed by atoms with E-state index >= 15 is 0 Å². The molecule has 1 aromatic carbocycles. The first-order valence-electron chi connectivity index (χ1n) is 5.64. The number of aromatic nitrogens is 2. The van der Waals surface area contributed by atoms with Crippen molar-refractivity contribution in [1.29, 1.82) is 0 Å². The monoisotopic (exact) mass is 274 g/mol. The number of thioether (sulfide) groups is 1. The molecule has 6 heteroatoms. The van der Waals surface area contributed by atoms with Crippen LogP contribution >= 0.6 is 11.8 Å². The number of carbonyl (C=O) groups is 1. The number of nitrogens with zero attached hydrogens (tertiary/aromatic N) is 2. The van der Waals surface area contributed by atoms with Crippen LogP contribution in [0, 0.1) is 6.92 Å². The molecule has 0 atom stereocenters. The first kappa shape index (κ1) is 13.4. The van der Waals surface area contributed by atoms with E-state index in [4.69, 9.17) is 5.73 Å². The SMILES string of the molecule is CSc1cccc(Nc2nc(C)cnc2C(N)=O)c1. The van der Waals surface area contributed by atoms with E-state index in [1.807, 2.05) is 30.5 Å². The number of hydrogen-bond acceptors (Lipinski definition) is 5. The number of hydrogen-bond donors (Lipinski definition) is 2. The zero-order valence-electron chi connectivity index (χ0n) is 10.7. The molecular formula is C13H14N4OS. The molecule has 1 amide bonds. The first-order valence-corrected chi connectivity index (χ1v) is 6.87. The second-order valence-corrected chi connectivity index (χ2v) is 4.81. The van der Waals surface area contributed by atoms with Crippen LogP contribution in [0.25, 0.3) is 0 Å². The molecular weight excluding hydrogens is 260 g/mol.